The summed E-state index contributed by atoms with van der Waals surface area (Å²) < 4.78 is 1.66. The molecule has 2 amide bonds. The summed E-state index contributed by atoms with van der Waals surface area (Å²) in [4.78, 5) is 28.0. The fourth-order valence-electron chi connectivity index (χ4n) is 3.93. The number of amides is 2. The van der Waals surface area contributed by atoms with Crippen molar-refractivity contribution < 1.29 is 9.59 Å². The summed E-state index contributed by atoms with van der Waals surface area (Å²) in [6, 6.07) is 19.0. The minimum absolute atomic E-state index is 0.0117. The quantitative estimate of drug-likeness (QED) is 0.481. The van der Waals surface area contributed by atoms with Gasteiger partial charge in [0.15, 0.2) is 0 Å². The molecule has 178 valence electrons. The van der Waals surface area contributed by atoms with Gasteiger partial charge in [0.05, 0.1) is 16.4 Å². The van der Waals surface area contributed by atoms with Crippen molar-refractivity contribution in [2.24, 2.45) is 5.92 Å². The number of carbonyl (C=O) groups excluding carboxylic acids is 2. The van der Waals surface area contributed by atoms with Gasteiger partial charge in [-0.25, -0.2) is 4.68 Å². The van der Waals surface area contributed by atoms with Crippen LogP contribution in [0.25, 0.3) is 5.69 Å². The maximum absolute atomic E-state index is 13.2. The Morgan fingerprint density at radius 1 is 1.09 bits per heavy atom. The summed E-state index contributed by atoms with van der Waals surface area (Å²) in [7, 11) is 0. The monoisotopic (exact) mass is 478 g/mol. The normalized spacial score (nSPS) is 13.9. The summed E-state index contributed by atoms with van der Waals surface area (Å²) in [6.07, 6.45) is 2.84. The van der Waals surface area contributed by atoms with Crippen LogP contribution < -0.4 is 5.32 Å². The summed E-state index contributed by atoms with van der Waals surface area (Å²) in [5.41, 5.74) is 2.29. The number of rotatable bonds is 7. The Morgan fingerprint density at radius 3 is 2.38 bits per heavy atom. The largest absolute Gasteiger partial charge is 0.329 e. The zero-order chi connectivity index (χ0) is 24.3. The van der Waals surface area contributed by atoms with E-state index in [2.05, 4.69) is 26.1 Å². The van der Waals surface area contributed by atoms with Crippen molar-refractivity contribution in [1.82, 2.24) is 14.7 Å². The lowest BCUT2D eigenvalue weighted by atomic mass is 9.84. The van der Waals surface area contributed by atoms with E-state index in [0.29, 0.717) is 23.1 Å². The average Bonchev–Trinajstić information content (AvgIpc) is 3.17. The van der Waals surface area contributed by atoms with Crippen molar-refractivity contribution in [2.45, 2.75) is 52.0 Å². The first-order chi connectivity index (χ1) is 16.2. The number of aromatic nitrogens is 2. The maximum atomic E-state index is 13.2. The molecule has 0 spiro atoms. The van der Waals surface area contributed by atoms with E-state index < -0.39 is 0 Å². The second kappa shape index (κ2) is 10.0. The summed E-state index contributed by atoms with van der Waals surface area (Å²) in [6.45, 7) is 6.58. The Balaban J connectivity index is 1.58. The molecule has 2 aromatic carbocycles. The Morgan fingerprint density at radius 2 is 1.76 bits per heavy atom. The second-order valence-electron chi connectivity index (χ2n) is 9.88. The van der Waals surface area contributed by atoms with E-state index in [1.807, 2.05) is 54.6 Å². The van der Waals surface area contributed by atoms with E-state index in [1.54, 1.807) is 15.6 Å². The van der Waals surface area contributed by atoms with E-state index in [4.69, 9.17) is 16.7 Å². The molecule has 0 saturated heterocycles. The number of hydrogen-bond acceptors (Lipinski definition) is 3. The lowest BCUT2D eigenvalue weighted by Crippen LogP contribution is -2.42. The average molecular weight is 479 g/mol. The van der Waals surface area contributed by atoms with E-state index in [9.17, 15) is 9.59 Å². The van der Waals surface area contributed by atoms with E-state index >= 15 is 0 Å². The Labute approximate surface area is 205 Å². The maximum Gasteiger partial charge on any atom is 0.245 e. The minimum Gasteiger partial charge on any atom is -0.329 e. The van der Waals surface area contributed by atoms with E-state index in [0.717, 1.165) is 30.5 Å². The Bertz CT molecular complexity index is 1160. The summed E-state index contributed by atoms with van der Waals surface area (Å²) in [5, 5.41) is 8.25. The number of nitrogens with one attached hydrogen (secondary N) is 1. The van der Waals surface area contributed by atoms with E-state index in [1.165, 1.54) is 0 Å². The third-order valence-corrected chi connectivity index (χ3v) is 6.46. The molecule has 1 heterocycles. The van der Waals surface area contributed by atoms with Gasteiger partial charge in [0.1, 0.15) is 12.4 Å². The van der Waals surface area contributed by atoms with Crippen LogP contribution in [0, 0.1) is 5.92 Å². The van der Waals surface area contributed by atoms with Crippen LogP contribution in [0.1, 0.15) is 51.3 Å². The third kappa shape index (κ3) is 5.50. The molecule has 1 saturated carbocycles. The van der Waals surface area contributed by atoms with Crippen LogP contribution in [-0.4, -0.2) is 33.0 Å². The number of benzene rings is 2. The van der Waals surface area contributed by atoms with Crippen molar-refractivity contribution in [3.8, 4) is 5.69 Å². The first-order valence-corrected chi connectivity index (χ1v) is 12.1. The van der Waals surface area contributed by atoms with Crippen LogP contribution in [-0.2, 0) is 21.5 Å². The number of carbonyl (C=O) groups is 2. The highest BCUT2D eigenvalue weighted by Crippen LogP contribution is 2.30. The molecule has 1 fully saturated rings. The van der Waals surface area contributed by atoms with Gasteiger partial charge in [-0.15, -0.1) is 0 Å². The Kier molecular flexibility index (Phi) is 7.08. The van der Waals surface area contributed by atoms with Crippen molar-refractivity contribution in [3.63, 3.8) is 0 Å². The molecular weight excluding hydrogens is 448 g/mol. The highest BCUT2D eigenvalue weighted by atomic mass is 35.5. The number of halogens is 1. The molecule has 0 atom stereocenters. The van der Waals surface area contributed by atoms with Gasteiger partial charge in [0.2, 0.25) is 11.8 Å². The van der Waals surface area contributed by atoms with Gasteiger partial charge in [-0.1, -0.05) is 81.3 Å². The van der Waals surface area contributed by atoms with Gasteiger partial charge in [-0.2, -0.15) is 5.10 Å². The van der Waals surface area contributed by atoms with Crippen molar-refractivity contribution in [3.05, 3.63) is 76.9 Å². The number of anilines is 1. The molecule has 1 aliphatic rings. The van der Waals surface area contributed by atoms with Crippen LogP contribution in [0.15, 0.2) is 60.7 Å². The van der Waals surface area contributed by atoms with Crippen molar-refractivity contribution in [1.29, 1.82) is 0 Å². The predicted molar refractivity (Wildman–Crippen MR) is 135 cm³/mol. The molecule has 1 aromatic heterocycles. The SMILES string of the molecule is CC(C)(C)c1cc(NC(=O)CN(Cc2ccccc2)C(=O)C2CCC2)n(-c2ccccc2Cl)n1. The molecule has 6 nitrogen and oxygen atoms in total. The first kappa shape index (κ1) is 24.0. The molecule has 0 bridgehead atoms. The Hall–Kier alpha value is -3.12. The zero-order valence-electron chi connectivity index (χ0n) is 19.9. The molecule has 7 heteroatoms. The van der Waals surface area contributed by atoms with Gasteiger partial charge in [0.25, 0.3) is 0 Å². The lowest BCUT2D eigenvalue weighted by Gasteiger charge is -2.31. The van der Waals surface area contributed by atoms with Gasteiger partial charge >= 0.3 is 0 Å². The van der Waals surface area contributed by atoms with Crippen LogP contribution in [0.5, 0.6) is 0 Å². The minimum atomic E-state index is -0.266. The molecule has 1 aliphatic carbocycles. The van der Waals surface area contributed by atoms with Crippen molar-refractivity contribution >= 4 is 29.2 Å². The second-order valence-corrected chi connectivity index (χ2v) is 10.3. The molecule has 0 unspecified atom stereocenters. The molecular formula is C27H31ClN4O2. The molecule has 34 heavy (non-hydrogen) atoms. The fraction of sp³-hybridized carbons (Fsp3) is 0.370. The van der Waals surface area contributed by atoms with Gasteiger partial charge < -0.3 is 10.2 Å². The molecule has 1 N–H and O–H groups in total. The van der Waals surface area contributed by atoms with Crippen LogP contribution >= 0.6 is 11.6 Å². The number of para-hydroxylation sites is 1. The van der Waals surface area contributed by atoms with Crippen LogP contribution in [0.3, 0.4) is 0 Å². The number of hydrogen-bond donors (Lipinski definition) is 1. The zero-order valence-corrected chi connectivity index (χ0v) is 20.7. The standard InChI is InChI=1S/C27H31ClN4O2/c1-27(2,3)23-16-24(32(30-23)22-15-8-7-14-21(22)28)29-25(33)18-31(26(34)20-12-9-13-20)17-19-10-5-4-6-11-19/h4-8,10-11,14-16,20H,9,12-13,17-18H2,1-3H3,(H,29,33). The highest BCUT2D eigenvalue weighted by Gasteiger charge is 2.31. The van der Waals surface area contributed by atoms with Crippen molar-refractivity contribution in [2.75, 3.05) is 11.9 Å². The van der Waals surface area contributed by atoms with Gasteiger partial charge in [-0.05, 0) is 30.5 Å². The smallest absolute Gasteiger partial charge is 0.245 e. The molecule has 4 rings (SSSR count). The third-order valence-electron chi connectivity index (χ3n) is 6.14. The molecule has 0 radical (unpaired) electrons. The van der Waals surface area contributed by atoms with Crippen LogP contribution in [0.4, 0.5) is 5.82 Å². The predicted octanol–water partition coefficient (Wildman–Crippen LogP) is 5.59. The first-order valence-electron chi connectivity index (χ1n) is 11.7. The summed E-state index contributed by atoms with van der Waals surface area (Å²) >= 11 is 6.44. The fourth-order valence-corrected chi connectivity index (χ4v) is 4.14. The summed E-state index contributed by atoms with van der Waals surface area (Å²) in [5.74, 6) is 0.314. The highest BCUT2D eigenvalue weighted by molar-refractivity contribution is 6.32. The number of nitrogens with zero attached hydrogens (tertiary/aromatic N) is 3. The molecule has 3 aromatic rings. The molecule has 0 aliphatic heterocycles. The lowest BCUT2D eigenvalue weighted by molar-refractivity contribution is -0.141. The van der Waals surface area contributed by atoms with Gasteiger partial charge in [-0.3, -0.25) is 9.59 Å². The van der Waals surface area contributed by atoms with E-state index in [-0.39, 0.29) is 29.7 Å². The topological polar surface area (TPSA) is 67.2 Å². The van der Waals surface area contributed by atoms with Gasteiger partial charge in [0, 0.05) is 23.9 Å². The van der Waals surface area contributed by atoms with Crippen LogP contribution in [0.2, 0.25) is 5.02 Å².